The molecule has 1 heterocycles. The Morgan fingerprint density at radius 2 is 1.71 bits per heavy atom. The number of amides is 1. The summed E-state index contributed by atoms with van der Waals surface area (Å²) in [4.78, 5) is 26.3. The van der Waals surface area contributed by atoms with Crippen molar-refractivity contribution in [3.05, 3.63) is 56.3 Å². The third kappa shape index (κ3) is 3.48. The van der Waals surface area contributed by atoms with E-state index in [1.165, 1.54) is 16.0 Å². The van der Waals surface area contributed by atoms with E-state index in [4.69, 9.17) is 5.11 Å². The number of aliphatic carboxylic acids is 1. The van der Waals surface area contributed by atoms with Crippen LogP contribution in [0.3, 0.4) is 0 Å². The fourth-order valence-electron chi connectivity index (χ4n) is 4.99. The van der Waals surface area contributed by atoms with Gasteiger partial charge in [0.1, 0.15) is 0 Å². The largest absolute Gasteiger partial charge is 0.481 e. The van der Waals surface area contributed by atoms with Crippen molar-refractivity contribution in [3.8, 4) is 0 Å². The summed E-state index contributed by atoms with van der Waals surface area (Å²) in [5.74, 6) is -0.833. The highest BCUT2D eigenvalue weighted by molar-refractivity contribution is 7.12. The van der Waals surface area contributed by atoms with Crippen LogP contribution >= 0.6 is 11.3 Å². The number of rotatable bonds is 5. The van der Waals surface area contributed by atoms with E-state index < -0.39 is 5.97 Å². The molecule has 148 valence electrons. The van der Waals surface area contributed by atoms with E-state index in [-0.39, 0.29) is 23.3 Å². The van der Waals surface area contributed by atoms with Gasteiger partial charge in [0.2, 0.25) is 0 Å². The zero-order valence-electron chi connectivity index (χ0n) is 16.7. The summed E-state index contributed by atoms with van der Waals surface area (Å²) < 4.78 is 0. The summed E-state index contributed by atoms with van der Waals surface area (Å²) >= 11 is 1.69. The topological polar surface area (TPSA) is 66.4 Å². The van der Waals surface area contributed by atoms with E-state index in [2.05, 4.69) is 43.4 Å². The Labute approximate surface area is 170 Å². The van der Waals surface area contributed by atoms with Gasteiger partial charge in [-0.1, -0.05) is 29.8 Å². The molecule has 0 unspecified atom stereocenters. The lowest BCUT2D eigenvalue weighted by molar-refractivity contribution is -0.155. The van der Waals surface area contributed by atoms with E-state index in [0.29, 0.717) is 0 Å². The van der Waals surface area contributed by atoms with Crippen molar-refractivity contribution in [3.63, 3.8) is 0 Å². The molecule has 1 aromatic carbocycles. The number of carboxylic acids is 1. The zero-order valence-corrected chi connectivity index (χ0v) is 17.5. The van der Waals surface area contributed by atoms with Crippen LogP contribution in [0.15, 0.2) is 24.3 Å². The third-order valence-corrected chi connectivity index (χ3v) is 7.58. The maximum atomic E-state index is 13.0. The summed E-state index contributed by atoms with van der Waals surface area (Å²) in [6.07, 6.45) is 4.14. The molecule has 0 atom stereocenters. The van der Waals surface area contributed by atoms with Crippen molar-refractivity contribution >= 4 is 23.2 Å². The van der Waals surface area contributed by atoms with Gasteiger partial charge in [0, 0.05) is 15.8 Å². The second kappa shape index (κ2) is 7.03. The molecule has 1 amide bonds. The van der Waals surface area contributed by atoms with Gasteiger partial charge in [-0.3, -0.25) is 9.59 Å². The minimum Gasteiger partial charge on any atom is -0.481 e. The molecule has 0 radical (unpaired) electrons. The van der Waals surface area contributed by atoms with E-state index >= 15 is 0 Å². The zero-order chi connectivity index (χ0) is 20.1. The standard InChI is InChI=1S/C23H27NO3S/c1-13-4-6-16(7-5-13)8-19-14(2)28-15(3)20(19)21(25)24-18-11-23(12-18)9-17(10-23)22(26)27/h4-7,17-18H,8-12H2,1-3H3,(H,24,25)(H,26,27). The van der Waals surface area contributed by atoms with Crippen molar-refractivity contribution in [2.45, 2.75) is 58.9 Å². The highest BCUT2D eigenvalue weighted by Crippen LogP contribution is 2.58. The number of benzene rings is 1. The van der Waals surface area contributed by atoms with E-state index in [0.717, 1.165) is 48.1 Å². The predicted octanol–water partition coefficient (Wildman–Crippen LogP) is 4.64. The van der Waals surface area contributed by atoms with Crippen LogP contribution in [0.25, 0.3) is 0 Å². The molecule has 2 fully saturated rings. The quantitative estimate of drug-likeness (QED) is 0.772. The molecule has 2 aliphatic rings. The number of hydrogen-bond acceptors (Lipinski definition) is 3. The Bertz CT molecular complexity index is 914. The first-order chi connectivity index (χ1) is 13.3. The summed E-state index contributed by atoms with van der Waals surface area (Å²) in [6.45, 7) is 6.20. The third-order valence-electron chi connectivity index (χ3n) is 6.52. The van der Waals surface area contributed by atoms with Crippen LogP contribution in [0.4, 0.5) is 0 Å². The molecule has 0 aliphatic heterocycles. The fraction of sp³-hybridized carbons (Fsp3) is 0.478. The van der Waals surface area contributed by atoms with E-state index in [9.17, 15) is 9.59 Å². The van der Waals surface area contributed by atoms with Gasteiger partial charge in [-0.05, 0) is 69.4 Å². The summed E-state index contributed by atoms with van der Waals surface area (Å²) in [6, 6.07) is 8.67. The van der Waals surface area contributed by atoms with Crippen LogP contribution in [0.1, 0.15) is 62.5 Å². The molecule has 1 aromatic heterocycles. The number of hydrogen-bond donors (Lipinski definition) is 2. The highest BCUT2D eigenvalue weighted by Gasteiger charge is 2.55. The maximum Gasteiger partial charge on any atom is 0.306 e. The molecule has 0 saturated heterocycles. The minimum atomic E-state index is -0.678. The van der Waals surface area contributed by atoms with Crippen molar-refractivity contribution < 1.29 is 14.7 Å². The second-order valence-corrected chi connectivity index (χ2v) is 10.2. The number of nitrogens with one attached hydrogen (secondary N) is 1. The van der Waals surface area contributed by atoms with Crippen LogP contribution in [-0.4, -0.2) is 23.0 Å². The van der Waals surface area contributed by atoms with Gasteiger partial charge in [0.15, 0.2) is 0 Å². The monoisotopic (exact) mass is 397 g/mol. The first-order valence-electron chi connectivity index (χ1n) is 9.94. The van der Waals surface area contributed by atoms with Gasteiger partial charge < -0.3 is 10.4 Å². The average Bonchev–Trinajstić information content (AvgIpc) is 2.83. The minimum absolute atomic E-state index is 0.0259. The van der Waals surface area contributed by atoms with Crippen LogP contribution in [-0.2, 0) is 11.2 Å². The van der Waals surface area contributed by atoms with Gasteiger partial charge >= 0.3 is 5.97 Å². The Balaban J connectivity index is 1.42. The first kappa shape index (κ1) is 19.2. The second-order valence-electron chi connectivity index (χ2n) is 8.75. The highest BCUT2D eigenvalue weighted by atomic mass is 32.1. The molecule has 2 aromatic rings. The number of carboxylic acid groups (broad SMARTS) is 1. The summed E-state index contributed by atoms with van der Waals surface area (Å²) in [7, 11) is 0. The number of thiophene rings is 1. The summed E-state index contributed by atoms with van der Waals surface area (Å²) in [5.41, 5.74) is 4.59. The molecule has 5 heteroatoms. The molecule has 2 aliphatic carbocycles. The number of carbonyl (C=O) groups excluding carboxylic acids is 1. The average molecular weight is 398 g/mol. The molecule has 2 N–H and O–H groups in total. The molecule has 4 nitrogen and oxygen atoms in total. The lowest BCUT2D eigenvalue weighted by Crippen LogP contribution is -2.57. The Morgan fingerprint density at radius 1 is 1.07 bits per heavy atom. The fourth-order valence-corrected chi connectivity index (χ4v) is 6.06. The van der Waals surface area contributed by atoms with Crippen LogP contribution in [0.5, 0.6) is 0 Å². The summed E-state index contributed by atoms with van der Waals surface area (Å²) in [5, 5.41) is 12.3. The number of carbonyl (C=O) groups is 2. The lowest BCUT2D eigenvalue weighted by atomic mass is 9.50. The van der Waals surface area contributed by atoms with E-state index in [1.807, 2.05) is 6.92 Å². The SMILES string of the molecule is Cc1ccc(Cc2c(C)sc(C)c2C(=O)NC2CC3(C2)CC(C(=O)O)C3)cc1. The molecule has 28 heavy (non-hydrogen) atoms. The molecule has 0 bridgehead atoms. The first-order valence-corrected chi connectivity index (χ1v) is 10.8. The normalized spacial score (nSPS) is 25.8. The van der Waals surface area contributed by atoms with E-state index in [1.54, 1.807) is 11.3 Å². The van der Waals surface area contributed by atoms with Crippen molar-refractivity contribution in [1.82, 2.24) is 5.32 Å². The van der Waals surface area contributed by atoms with Crippen LogP contribution < -0.4 is 5.32 Å². The van der Waals surface area contributed by atoms with Crippen molar-refractivity contribution in [2.75, 3.05) is 0 Å². The maximum absolute atomic E-state index is 13.0. The van der Waals surface area contributed by atoms with Crippen LogP contribution in [0, 0.1) is 32.1 Å². The Hall–Kier alpha value is -2.14. The molecular formula is C23H27NO3S. The molecule has 2 saturated carbocycles. The van der Waals surface area contributed by atoms with Gasteiger partial charge in [-0.25, -0.2) is 0 Å². The van der Waals surface area contributed by atoms with Crippen molar-refractivity contribution in [2.24, 2.45) is 11.3 Å². The van der Waals surface area contributed by atoms with Gasteiger partial charge in [-0.15, -0.1) is 11.3 Å². The Kier molecular flexibility index (Phi) is 4.82. The van der Waals surface area contributed by atoms with Crippen LogP contribution in [0.2, 0.25) is 0 Å². The lowest BCUT2D eigenvalue weighted by Gasteiger charge is -2.56. The Morgan fingerprint density at radius 3 is 2.32 bits per heavy atom. The molecule has 4 rings (SSSR count). The van der Waals surface area contributed by atoms with Crippen molar-refractivity contribution in [1.29, 1.82) is 0 Å². The molecular weight excluding hydrogens is 370 g/mol. The predicted molar refractivity (Wildman–Crippen MR) is 111 cm³/mol. The molecule has 1 spiro atoms. The van der Waals surface area contributed by atoms with Gasteiger partial charge in [-0.2, -0.15) is 0 Å². The smallest absolute Gasteiger partial charge is 0.306 e. The van der Waals surface area contributed by atoms with Gasteiger partial charge in [0.25, 0.3) is 5.91 Å². The number of aryl methyl sites for hydroxylation is 3. The van der Waals surface area contributed by atoms with Gasteiger partial charge in [0.05, 0.1) is 11.5 Å².